The van der Waals surface area contributed by atoms with Crippen molar-refractivity contribution in [2.75, 3.05) is 19.0 Å². The normalized spacial score (nSPS) is 13.4. The van der Waals surface area contributed by atoms with E-state index < -0.39 is 11.7 Å². The van der Waals surface area contributed by atoms with Gasteiger partial charge in [-0.3, -0.25) is 0 Å². The Balaban J connectivity index is 1.88. The second-order valence-corrected chi connectivity index (χ2v) is 6.01. The van der Waals surface area contributed by atoms with Crippen LogP contribution in [0.5, 0.6) is 5.75 Å². The SMILES string of the molecule is COc1ccccc1-c1nn(-c2cccc(C(F)(F)F)c2)c2c1CCN2. The highest BCUT2D eigenvalue weighted by molar-refractivity contribution is 5.76. The molecule has 0 saturated carbocycles. The highest BCUT2D eigenvalue weighted by Gasteiger charge is 2.31. The van der Waals surface area contributed by atoms with Gasteiger partial charge in [-0.1, -0.05) is 18.2 Å². The van der Waals surface area contributed by atoms with Crippen molar-refractivity contribution in [2.24, 2.45) is 0 Å². The summed E-state index contributed by atoms with van der Waals surface area (Å²) in [5, 5.41) is 7.84. The summed E-state index contributed by atoms with van der Waals surface area (Å²) in [7, 11) is 1.58. The number of rotatable bonds is 3. The van der Waals surface area contributed by atoms with E-state index >= 15 is 0 Å². The topological polar surface area (TPSA) is 39.1 Å². The van der Waals surface area contributed by atoms with E-state index in [1.54, 1.807) is 17.9 Å². The van der Waals surface area contributed by atoms with E-state index in [1.165, 1.54) is 6.07 Å². The van der Waals surface area contributed by atoms with E-state index in [2.05, 4.69) is 10.4 Å². The second-order valence-electron chi connectivity index (χ2n) is 6.01. The van der Waals surface area contributed by atoms with Gasteiger partial charge < -0.3 is 10.1 Å². The summed E-state index contributed by atoms with van der Waals surface area (Å²) in [5.74, 6) is 1.40. The van der Waals surface area contributed by atoms with E-state index in [9.17, 15) is 13.2 Å². The molecule has 7 heteroatoms. The molecule has 1 aromatic heterocycles. The first-order chi connectivity index (χ1) is 12.5. The first-order valence-corrected chi connectivity index (χ1v) is 8.16. The van der Waals surface area contributed by atoms with Gasteiger partial charge in [0.05, 0.1) is 18.4 Å². The number of methoxy groups -OCH3 is 1. The minimum Gasteiger partial charge on any atom is -0.496 e. The van der Waals surface area contributed by atoms with Crippen LogP contribution in [0, 0.1) is 0 Å². The predicted octanol–water partition coefficient (Wildman–Crippen LogP) is 4.53. The van der Waals surface area contributed by atoms with Crippen molar-refractivity contribution in [1.29, 1.82) is 0 Å². The molecule has 4 nitrogen and oxygen atoms in total. The zero-order valence-electron chi connectivity index (χ0n) is 14.0. The molecule has 0 spiro atoms. The molecule has 0 aliphatic carbocycles. The average molecular weight is 359 g/mol. The third kappa shape index (κ3) is 2.69. The van der Waals surface area contributed by atoms with Crippen LogP contribution in [0.15, 0.2) is 48.5 Å². The first-order valence-electron chi connectivity index (χ1n) is 8.16. The molecule has 0 bridgehead atoms. The first kappa shape index (κ1) is 16.5. The van der Waals surface area contributed by atoms with E-state index in [1.807, 2.05) is 24.3 Å². The summed E-state index contributed by atoms with van der Waals surface area (Å²) in [6.45, 7) is 0.717. The maximum absolute atomic E-state index is 13.1. The quantitative estimate of drug-likeness (QED) is 0.747. The molecule has 4 rings (SSSR count). The number of hydrogen-bond donors (Lipinski definition) is 1. The maximum Gasteiger partial charge on any atom is 0.416 e. The Hall–Kier alpha value is -2.96. The van der Waals surface area contributed by atoms with Crippen LogP contribution in [0.4, 0.5) is 19.0 Å². The van der Waals surface area contributed by atoms with Crippen molar-refractivity contribution in [1.82, 2.24) is 9.78 Å². The lowest BCUT2D eigenvalue weighted by molar-refractivity contribution is -0.137. The van der Waals surface area contributed by atoms with Crippen molar-refractivity contribution in [3.05, 3.63) is 59.7 Å². The van der Waals surface area contributed by atoms with E-state index in [0.29, 0.717) is 18.0 Å². The van der Waals surface area contributed by atoms with Gasteiger partial charge in [0, 0.05) is 17.7 Å². The van der Waals surface area contributed by atoms with Crippen LogP contribution in [-0.2, 0) is 12.6 Å². The molecule has 1 N–H and O–H groups in total. The zero-order chi connectivity index (χ0) is 18.3. The number of benzene rings is 2. The van der Waals surface area contributed by atoms with E-state index in [-0.39, 0.29) is 0 Å². The Labute approximate surface area is 148 Å². The number of alkyl halides is 3. The minimum atomic E-state index is -4.40. The summed E-state index contributed by atoms with van der Waals surface area (Å²) in [6.07, 6.45) is -3.65. The molecule has 134 valence electrons. The van der Waals surface area contributed by atoms with Crippen LogP contribution in [0.1, 0.15) is 11.1 Å². The molecule has 0 fully saturated rings. The second kappa shape index (κ2) is 6.09. The molecule has 2 aromatic carbocycles. The number of para-hydroxylation sites is 1. The third-order valence-corrected chi connectivity index (χ3v) is 4.43. The van der Waals surface area contributed by atoms with Gasteiger partial charge >= 0.3 is 6.18 Å². The maximum atomic E-state index is 13.1. The van der Waals surface area contributed by atoms with Gasteiger partial charge in [-0.15, -0.1) is 0 Å². The summed E-state index contributed by atoms with van der Waals surface area (Å²) < 4.78 is 46.2. The molecule has 1 aliphatic rings. The Morgan fingerprint density at radius 1 is 1.12 bits per heavy atom. The van der Waals surface area contributed by atoms with Crippen LogP contribution in [0.2, 0.25) is 0 Å². The lowest BCUT2D eigenvalue weighted by atomic mass is 10.1. The Morgan fingerprint density at radius 3 is 2.69 bits per heavy atom. The predicted molar refractivity (Wildman–Crippen MR) is 92.7 cm³/mol. The fraction of sp³-hybridized carbons (Fsp3) is 0.211. The third-order valence-electron chi connectivity index (χ3n) is 4.43. The monoisotopic (exact) mass is 359 g/mol. The average Bonchev–Trinajstić information content (AvgIpc) is 3.23. The van der Waals surface area contributed by atoms with Crippen LogP contribution >= 0.6 is 0 Å². The van der Waals surface area contributed by atoms with Gasteiger partial charge in [-0.2, -0.15) is 18.3 Å². The zero-order valence-corrected chi connectivity index (χ0v) is 14.0. The minimum absolute atomic E-state index is 0.367. The number of halogens is 3. The van der Waals surface area contributed by atoms with Gasteiger partial charge in [-0.05, 0) is 36.8 Å². The number of anilines is 1. The summed E-state index contributed by atoms with van der Waals surface area (Å²) in [4.78, 5) is 0. The molecular formula is C19H16F3N3O. The highest BCUT2D eigenvalue weighted by Crippen LogP contribution is 2.39. The van der Waals surface area contributed by atoms with Gasteiger partial charge in [-0.25, -0.2) is 4.68 Å². The van der Waals surface area contributed by atoms with Crippen LogP contribution in [-0.4, -0.2) is 23.4 Å². The van der Waals surface area contributed by atoms with Gasteiger partial charge in [0.15, 0.2) is 0 Å². The van der Waals surface area contributed by atoms with Gasteiger partial charge in [0.2, 0.25) is 0 Å². The molecule has 0 atom stereocenters. The van der Waals surface area contributed by atoms with Crippen LogP contribution < -0.4 is 10.1 Å². The Kier molecular flexibility index (Phi) is 3.86. The molecule has 0 radical (unpaired) electrons. The largest absolute Gasteiger partial charge is 0.496 e. The number of fused-ring (bicyclic) bond motifs is 1. The van der Waals surface area contributed by atoms with E-state index in [0.717, 1.165) is 41.2 Å². The molecular weight excluding hydrogens is 343 g/mol. The summed E-state index contributed by atoms with van der Waals surface area (Å²) in [6, 6.07) is 12.7. The van der Waals surface area contributed by atoms with Gasteiger partial charge in [0.1, 0.15) is 17.3 Å². The van der Waals surface area contributed by atoms with Crippen molar-refractivity contribution in [3.8, 4) is 22.7 Å². The van der Waals surface area contributed by atoms with Crippen molar-refractivity contribution in [3.63, 3.8) is 0 Å². The number of nitrogens with zero attached hydrogens (tertiary/aromatic N) is 2. The highest BCUT2D eigenvalue weighted by atomic mass is 19.4. The lowest BCUT2D eigenvalue weighted by Gasteiger charge is -2.11. The van der Waals surface area contributed by atoms with Crippen molar-refractivity contribution in [2.45, 2.75) is 12.6 Å². The number of aromatic nitrogens is 2. The molecule has 0 saturated heterocycles. The summed E-state index contributed by atoms with van der Waals surface area (Å²) >= 11 is 0. The molecule has 0 amide bonds. The molecule has 26 heavy (non-hydrogen) atoms. The summed E-state index contributed by atoms with van der Waals surface area (Å²) in [5.41, 5.74) is 2.19. The van der Waals surface area contributed by atoms with Gasteiger partial charge in [0.25, 0.3) is 0 Å². The molecule has 1 aliphatic heterocycles. The lowest BCUT2D eigenvalue weighted by Crippen LogP contribution is -2.08. The van der Waals surface area contributed by atoms with E-state index in [4.69, 9.17) is 4.74 Å². The fourth-order valence-electron chi connectivity index (χ4n) is 3.23. The Bertz CT molecular complexity index is 963. The van der Waals surface area contributed by atoms with Crippen molar-refractivity contribution < 1.29 is 17.9 Å². The smallest absolute Gasteiger partial charge is 0.416 e. The van der Waals surface area contributed by atoms with Crippen LogP contribution in [0.3, 0.4) is 0 Å². The van der Waals surface area contributed by atoms with Crippen LogP contribution in [0.25, 0.3) is 16.9 Å². The molecule has 3 aromatic rings. The number of nitrogens with one attached hydrogen (secondary N) is 1. The molecule has 0 unspecified atom stereocenters. The number of ether oxygens (including phenoxy) is 1. The Morgan fingerprint density at radius 2 is 1.92 bits per heavy atom. The van der Waals surface area contributed by atoms with Crippen molar-refractivity contribution >= 4 is 5.82 Å². The number of hydrogen-bond acceptors (Lipinski definition) is 3. The molecule has 2 heterocycles. The standard InChI is InChI=1S/C19H16F3N3O/c1-26-16-8-3-2-7-14(16)17-15-9-10-23-18(15)25(24-17)13-6-4-5-12(11-13)19(20,21)22/h2-8,11,23H,9-10H2,1H3. The fourth-order valence-corrected chi connectivity index (χ4v) is 3.23.